The molecule has 100 valence electrons. The Bertz CT molecular complexity index is 358. The van der Waals surface area contributed by atoms with E-state index in [2.05, 4.69) is 17.5 Å². The van der Waals surface area contributed by atoms with Gasteiger partial charge in [-0.3, -0.25) is 9.59 Å². The van der Waals surface area contributed by atoms with Crippen LogP contribution in [0.1, 0.15) is 40.0 Å². The minimum absolute atomic E-state index is 0.00459. The molecule has 1 aliphatic rings. The first-order chi connectivity index (χ1) is 8.54. The van der Waals surface area contributed by atoms with Gasteiger partial charge in [0.15, 0.2) is 5.78 Å². The van der Waals surface area contributed by atoms with E-state index in [1.165, 1.54) is 6.92 Å². The van der Waals surface area contributed by atoms with E-state index in [-0.39, 0.29) is 23.7 Å². The lowest BCUT2D eigenvalue weighted by atomic mass is 9.87. The molecule has 18 heavy (non-hydrogen) atoms. The SMILES string of the molecule is CCC(C)C(=O)[C@H](CC1C=CC=CC1)NC(C)=O. The number of nitrogens with one attached hydrogen (secondary N) is 1. The Morgan fingerprint density at radius 1 is 1.39 bits per heavy atom. The van der Waals surface area contributed by atoms with Crippen LogP contribution in [0, 0.1) is 11.8 Å². The molecule has 0 bridgehead atoms. The van der Waals surface area contributed by atoms with E-state index in [4.69, 9.17) is 0 Å². The molecule has 1 rings (SSSR count). The van der Waals surface area contributed by atoms with E-state index in [1.54, 1.807) is 0 Å². The van der Waals surface area contributed by atoms with Gasteiger partial charge in [-0.1, -0.05) is 38.2 Å². The van der Waals surface area contributed by atoms with Gasteiger partial charge in [-0.2, -0.15) is 0 Å². The van der Waals surface area contributed by atoms with Gasteiger partial charge < -0.3 is 5.32 Å². The Morgan fingerprint density at radius 3 is 2.61 bits per heavy atom. The lowest BCUT2D eigenvalue weighted by Gasteiger charge is -2.23. The van der Waals surface area contributed by atoms with Crippen molar-refractivity contribution in [2.24, 2.45) is 11.8 Å². The van der Waals surface area contributed by atoms with Crippen molar-refractivity contribution >= 4 is 11.7 Å². The fourth-order valence-corrected chi connectivity index (χ4v) is 2.15. The second-order valence-corrected chi connectivity index (χ2v) is 5.01. The van der Waals surface area contributed by atoms with Crippen LogP contribution in [0.15, 0.2) is 24.3 Å². The number of rotatable bonds is 6. The zero-order valence-electron chi connectivity index (χ0n) is 11.5. The first-order valence-corrected chi connectivity index (χ1v) is 6.68. The number of hydrogen-bond donors (Lipinski definition) is 1. The molecule has 0 heterocycles. The van der Waals surface area contributed by atoms with Crippen molar-refractivity contribution in [3.8, 4) is 0 Å². The molecule has 0 aromatic carbocycles. The maximum atomic E-state index is 12.2. The summed E-state index contributed by atoms with van der Waals surface area (Å²) in [6.07, 6.45) is 10.7. The number of Topliss-reactive ketones (excluding diaryl/α,β-unsaturated/α-hetero) is 1. The molecule has 1 N–H and O–H groups in total. The normalized spacial score (nSPS) is 21.4. The predicted octanol–water partition coefficient (Wildman–Crippen LogP) is 2.63. The molecule has 3 atom stereocenters. The highest BCUT2D eigenvalue weighted by Crippen LogP contribution is 2.20. The Hall–Kier alpha value is -1.38. The van der Waals surface area contributed by atoms with Crippen LogP contribution >= 0.6 is 0 Å². The van der Waals surface area contributed by atoms with Gasteiger partial charge in [0, 0.05) is 12.8 Å². The molecule has 0 radical (unpaired) electrons. The van der Waals surface area contributed by atoms with Crippen LogP contribution in [0.3, 0.4) is 0 Å². The van der Waals surface area contributed by atoms with E-state index < -0.39 is 0 Å². The summed E-state index contributed by atoms with van der Waals surface area (Å²) in [4.78, 5) is 23.4. The van der Waals surface area contributed by atoms with Crippen molar-refractivity contribution in [2.45, 2.75) is 46.1 Å². The van der Waals surface area contributed by atoms with Crippen LogP contribution in [0.2, 0.25) is 0 Å². The third kappa shape index (κ3) is 4.47. The molecule has 1 amide bonds. The van der Waals surface area contributed by atoms with Crippen molar-refractivity contribution in [3.63, 3.8) is 0 Å². The second-order valence-electron chi connectivity index (χ2n) is 5.01. The third-order valence-electron chi connectivity index (χ3n) is 3.43. The van der Waals surface area contributed by atoms with Gasteiger partial charge in [-0.05, 0) is 25.2 Å². The fraction of sp³-hybridized carbons (Fsp3) is 0.600. The summed E-state index contributed by atoms with van der Waals surface area (Å²) in [5, 5.41) is 2.80. The standard InChI is InChI=1S/C15H23NO2/c1-4-11(2)15(18)14(16-12(3)17)10-13-8-6-5-7-9-13/h5-8,11,13-14H,4,9-10H2,1-3H3,(H,16,17)/t11?,13?,14-/m0/s1. The minimum atomic E-state index is -0.349. The highest BCUT2D eigenvalue weighted by atomic mass is 16.2. The monoisotopic (exact) mass is 249 g/mol. The molecular formula is C15H23NO2. The fourth-order valence-electron chi connectivity index (χ4n) is 2.15. The Balaban J connectivity index is 2.65. The van der Waals surface area contributed by atoms with Crippen LogP contribution in [0.5, 0.6) is 0 Å². The molecule has 0 saturated heterocycles. The quantitative estimate of drug-likeness (QED) is 0.786. The van der Waals surface area contributed by atoms with E-state index in [1.807, 2.05) is 26.0 Å². The van der Waals surface area contributed by atoms with Crippen LogP contribution in [-0.4, -0.2) is 17.7 Å². The number of carbonyl (C=O) groups is 2. The molecule has 1 aliphatic carbocycles. The Morgan fingerprint density at radius 2 is 2.11 bits per heavy atom. The van der Waals surface area contributed by atoms with Crippen molar-refractivity contribution in [3.05, 3.63) is 24.3 Å². The summed E-state index contributed by atoms with van der Waals surface area (Å²) in [5.74, 6) is 0.368. The van der Waals surface area contributed by atoms with Crippen LogP contribution in [0.4, 0.5) is 0 Å². The minimum Gasteiger partial charge on any atom is -0.347 e. The topological polar surface area (TPSA) is 46.2 Å². The highest BCUT2D eigenvalue weighted by Gasteiger charge is 2.25. The number of amides is 1. The molecule has 3 heteroatoms. The average Bonchev–Trinajstić information content (AvgIpc) is 2.37. The Kier molecular flexibility index (Phi) is 5.83. The van der Waals surface area contributed by atoms with Crippen molar-refractivity contribution < 1.29 is 9.59 Å². The maximum Gasteiger partial charge on any atom is 0.217 e. The summed E-state index contributed by atoms with van der Waals surface area (Å²) in [7, 11) is 0. The van der Waals surface area contributed by atoms with E-state index >= 15 is 0 Å². The van der Waals surface area contributed by atoms with Gasteiger partial charge in [0.05, 0.1) is 6.04 Å². The van der Waals surface area contributed by atoms with Gasteiger partial charge in [-0.15, -0.1) is 0 Å². The van der Waals surface area contributed by atoms with Crippen molar-refractivity contribution in [1.29, 1.82) is 0 Å². The highest BCUT2D eigenvalue weighted by molar-refractivity contribution is 5.89. The number of ketones is 1. The molecule has 0 spiro atoms. The predicted molar refractivity (Wildman–Crippen MR) is 73.1 cm³/mol. The number of carbonyl (C=O) groups excluding carboxylic acids is 2. The summed E-state index contributed by atoms with van der Waals surface area (Å²) in [6.45, 7) is 5.39. The van der Waals surface area contributed by atoms with E-state index in [0.717, 1.165) is 12.8 Å². The smallest absolute Gasteiger partial charge is 0.217 e. The zero-order chi connectivity index (χ0) is 13.5. The molecule has 0 aromatic heterocycles. The van der Waals surface area contributed by atoms with Gasteiger partial charge in [0.2, 0.25) is 5.91 Å². The van der Waals surface area contributed by atoms with Crippen LogP contribution in [-0.2, 0) is 9.59 Å². The van der Waals surface area contributed by atoms with Gasteiger partial charge >= 0.3 is 0 Å². The molecule has 0 fully saturated rings. The van der Waals surface area contributed by atoms with Crippen LogP contribution in [0.25, 0.3) is 0 Å². The van der Waals surface area contributed by atoms with Crippen molar-refractivity contribution in [1.82, 2.24) is 5.32 Å². The first-order valence-electron chi connectivity index (χ1n) is 6.68. The summed E-state index contributed by atoms with van der Waals surface area (Å²) in [5.41, 5.74) is 0. The molecule has 0 aromatic rings. The second kappa shape index (κ2) is 7.14. The summed E-state index contributed by atoms with van der Waals surface area (Å²) >= 11 is 0. The third-order valence-corrected chi connectivity index (χ3v) is 3.43. The number of hydrogen-bond acceptors (Lipinski definition) is 2. The molecule has 2 unspecified atom stereocenters. The summed E-state index contributed by atoms with van der Waals surface area (Å²) < 4.78 is 0. The van der Waals surface area contributed by atoms with Gasteiger partial charge in [0.1, 0.15) is 0 Å². The van der Waals surface area contributed by atoms with E-state index in [0.29, 0.717) is 12.3 Å². The molecule has 0 saturated carbocycles. The van der Waals surface area contributed by atoms with E-state index in [9.17, 15) is 9.59 Å². The first kappa shape index (κ1) is 14.7. The molecule has 3 nitrogen and oxygen atoms in total. The maximum absolute atomic E-state index is 12.2. The lowest BCUT2D eigenvalue weighted by Crippen LogP contribution is -2.43. The summed E-state index contributed by atoms with van der Waals surface area (Å²) in [6, 6.07) is -0.349. The largest absolute Gasteiger partial charge is 0.347 e. The Labute approximate surface area is 109 Å². The van der Waals surface area contributed by atoms with Gasteiger partial charge in [-0.25, -0.2) is 0 Å². The lowest BCUT2D eigenvalue weighted by molar-refractivity contribution is -0.129. The van der Waals surface area contributed by atoms with Crippen LogP contribution < -0.4 is 5.32 Å². The average molecular weight is 249 g/mol. The zero-order valence-corrected chi connectivity index (χ0v) is 11.5. The van der Waals surface area contributed by atoms with Gasteiger partial charge in [0.25, 0.3) is 0 Å². The molecular weight excluding hydrogens is 226 g/mol. The van der Waals surface area contributed by atoms with Crippen molar-refractivity contribution in [2.75, 3.05) is 0 Å². The number of allylic oxidation sites excluding steroid dienone is 4. The molecule has 0 aliphatic heterocycles.